The minimum Gasteiger partial charge on any atom is -0.487 e. The fourth-order valence-electron chi connectivity index (χ4n) is 3.65. The Hall–Kier alpha value is -3.97. The highest BCUT2D eigenvalue weighted by atomic mass is 32.1. The number of nitrogens with zero attached hydrogens (tertiary/aromatic N) is 2. The molecule has 178 valence electrons. The van der Waals surface area contributed by atoms with Crippen LogP contribution in [0.15, 0.2) is 84.2 Å². The van der Waals surface area contributed by atoms with Crippen molar-refractivity contribution in [1.82, 2.24) is 4.98 Å². The van der Waals surface area contributed by atoms with Crippen molar-refractivity contribution in [2.45, 2.75) is 26.9 Å². The van der Waals surface area contributed by atoms with Crippen molar-refractivity contribution in [2.24, 2.45) is 0 Å². The van der Waals surface area contributed by atoms with E-state index in [2.05, 4.69) is 10.3 Å². The molecule has 2 amide bonds. The Bertz CT molecular complexity index is 1290. The number of hydrogen-bond acceptors (Lipinski definition) is 5. The second-order valence-corrected chi connectivity index (χ2v) is 9.04. The monoisotopic (exact) mass is 485 g/mol. The Balaban J connectivity index is 1.34. The third-order valence-electron chi connectivity index (χ3n) is 5.40. The minimum atomic E-state index is -0.231. The van der Waals surface area contributed by atoms with Crippen molar-refractivity contribution in [3.8, 4) is 5.75 Å². The van der Waals surface area contributed by atoms with Crippen molar-refractivity contribution in [3.63, 3.8) is 0 Å². The van der Waals surface area contributed by atoms with Gasteiger partial charge in [-0.05, 0) is 61.9 Å². The average molecular weight is 486 g/mol. The number of aromatic nitrogens is 1. The van der Waals surface area contributed by atoms with Crippen LogP contribution in [0.1, 0.15) is 33.5 Å². The molecule has 0 spiro atoms. The normalized spacial score (nSPS) is 10.6. The molecule has 0 radical (unpaired) electrons. The Morgan fingerprint density at radius 2 is 1.77 bits per heavy atom. The molecule has 1 N–H and O–H groups in total. The standard InChI is InChI=1S/C28H27N3O3S/c1-3-31(25-9-5-4-6-10-25)27(32)16-21-12-14-23(15-13-21)30-28(33)22-8-7-11-26(17-22)34-18-24-19-35-20(2)29-24/h4-15,17,19H,3,16,18H2,1-2H3,(H,30,33). The first-order valence-electron chi connectivity index (χ1n) is 11.4. The van der Waals surface area contributed by atoms with Gasteiger partial charge in [0.25, 0.3) is 5.91 Å². The van der Waals surface area contributed by atoms with Gasteiger partial charge in [-0.1, -0.05) is 36.4 Å². The van der Waals surface area contributed by atoms with Crippen LogP contribution in [-0.4, -0.2) is 23.3 Å². The zero-order valence-electron chi connectivity index (χ0n) is 19.7. The van der Waals surface area contributed by atoms with Crippen molar-refractivity contribution in [3.05, 3.63) is 106 Å². The predicted molar refractivity (Wildman–Crippen MR) is 140 cm³/mol. The highest BCUT2D eigenvalue weighted by molar-refractivity contribution is 7.09. The second-order valence-electron chi connectivity index (χ2n) is 7.98. The summed E-state index contributed by atoms with van der Waals surface area (Å²) in [5, 5.41) is 5.86. The molecule has 6 nitrogen and oxygen atoms in total. The largest absolute Gasteiger partial charge is 0.487 e. The van der Waals surface area contributed by atoms with Crippen LogP contribution in [0.4, 0.5) is 11.4 Å². The number of hydrogen-bond donors (Lipinski definition) is 1. The van der Waals surface area contributed by atoms with Crippen molar-refractivity contribution < 1.29 is 14.3 Å². The van der Waals surface area contributed by atoms with E-state index >= 15 is 0 Å². The van der Waals surface area contributed by atoms with E-state index in [4.69, 9.17) is 4.74 Å². The van der Waals surface area contributed by atoms with E-state index in [1.165, 1.54) is 0 Å². The Morgan fingerprint density at radius 3 is 2.46 bits per heavy atom. The molecular weight excluding hydrogens is 458 g/mol. The predicted octanol–water partition coefficient (Wildman–Crippen LogP) is 5.88. The van der Waals surface area contributed by atoms with Crippen LogP contribution in [0.25, 0.3) is 0 Å². The maximum absolute atomic E-state index is 12.8. The van der Waals surface area contributed by atoms with E-state index in [-0.39, 0.29) is 18.2 Å². The minimum absolute atomic E-state index is 0.0279. The average Bonchev–Trinajstić information content (AvgIpc) is 3.30. The Morgan fingerprint density at radius 1 is 1.00 bits per heavy atom. The molecule has 3 aromatic carbocycles. The Labute approximate surface area is 209 Å². The first kappa shape index (κ1) is 24.2. The number of rotatable bonds is 9. The van der Waals surface area contributed by atoms with Gasteiger partial charge in [-0.2, -0.15) is 0 Å². The fourth-order valence-corrected chi connectivity index (χ4v) is 4.25. The van der Waals surface area contributed by atoms with Gasteiger partial charge in [0.15, 0.2) is 0 Å². The van der Waals surface area contributed by atoms with Gasteiger partial charge in [0, 0.05) is 28.9 Å². The number of ether oxygens (including phenoxy) is 1. The summed E-state index contributed by atoms with van der Waals surface area (Å²) < 4.78 is 5.79. The van der Waals surface area contributed by atoms with Crippen LogP contribution in [0.2, 0.25) is 0 Å². The lowest BCUT2D eigenvalue weighted by Gasteiger charge is -2.21. The van der Waals surface area contributed by atoms with Gasteiger partial charge < -0.3 is 15.0 Å². The van der Waals surface area contributed by atoms with Crippen LogP contribution in [-0.2, 0) is 17.8 Å². The van der Waals surface area contributed by atoms with E-state index in [9.17, 15) is 9.59 Å². The van der Waals surface area contributed by atoms with E-state index in [0.29, 0.717) is 30.2 Å². The molecule has 35 heavy (non-hydrogen) atoms. The smallest absolute Gasteiger partial charge is 0.255 e. The van der Waals surface area contributed by atoms with Gasteiger partial charge in [-0.15, -0.1) is 11.3 Å². The summed E-state index contributed by atoms with van der Waals surface area (Å²) in [4.78, 5) is 31.7. The summed E-state index contributed by atoms with van der Waals surface area (Å²) in [5.74, 6) is 0.404. The molecule has 0 saturated heterocycles. The number of benzene rings is 3. The molecule has 0 aliphatic rings. The molecule has 7 heteroatoms. The van der Waals surface area contributed by atoms with Gasteiger partial charge in [-0.3, -0.25) is 9.59 Å². The third kappa shape index (κ3) is 6.55. The zero-order valence-corrected chi connectivity index (χ0v) is 20.5. The summed E-state index contributed by atoms with van der Waals surface area (Å²) in [5.41, 5.74) is 3.79. The van der Waals surface area contributed by atoms with E-state index in [0.717, 1.165) is 22.0 Å². The van der Waals surface area contributed by atoms with Gasteiger partial charge in [0.1, 0.15) is 12.4 Å². The van der Waals surface area contributed by atoms with Gasteiger partial charge >= 0.3 is 0 Å². The van der Waals surface area contributed by atoms with Crippen LogP contribution in [0, 0.1) is 6.92 Å². The van der Waals surface area contributed by atoms with Crippen molar-refractivity contribution in [1.29, 1.82) is 0 Å². The van der Waals surface area contributed by atoms with Crippen molar-refractivity contribution in [2.75, 3.05) is 16.8 Å². The molecule has 4 rings (SSSR count). The first-order valence-corrected chi connectivity index (χ1v) is 12.3. The number of amides is 2. The van der Waals surface area contributed by atoms with Crippen LogP contribution in [0.3, 0.4) is 0 Å². The summed E-state index contributed by atoms with van der Waals surface area (Å²) in [7, 11) is 0. The molecule has 0 unspecified atom stereocenters. The van der Waals surface area contributed by atoms with E-state index in [1.54, 1.807) is 34.4 Å². The number of aryl methyl sites for hydroxylation is 1. The molecule has 0 fully saturated rings. The molecule has 0 aliphatic heterocycles. The number of likely N-dealkylation sites (N-methyl/N-ethyl adjacent to an activating group) is 1. The topological polar surface area (TPSA) is 71.5 Å². The van der Waals surface area contributed by atoms with Gasteiger partial charge in [-0.25, -0.2) is 4.98 Å². The summed E-state index contributed by atoms with van der Waals surface area (Å²) >= 11 is 1.58. The van der Waals surface area contributed by atoms with Crippen molar-refractivity contribution >= 4 is 34.5 Å². The zero-order chi connectivity index (χ0) is 24.6. The van der Waals surface area contributed by atoms with Crippen LogP contribution in [0.5, 0.6) is 5.75 Å². The molecular formula is C28H27N3O3S. The summed E-state index contributed by atoms with van der Waals surface area (Å²) in [6, 6.07) is 24.0. The molecule has 4 aromatic rings. The lowest BCUT2D eigenvalue weighted by molar-refractivity contribution is -0.117. The number of carbonyl (C=O) groups is 2. The molecule has 0 bridgehead atoms. The molecule has 1 aromatic heterocycles. The summed E-state index contributed by atoms with van der Waals surface area (Å²) in [6.07, 6.45) is 0.287. The van der Waals surface area contributed by atoms with Crippen LogP contribution < -0.4 is 15.0 Å². The van der Waals surface area contributed by atoms with Gasteiger partial charge in [0.05, 0.1) is 17.1 Å². The highest BCUT2D eigenvalue weighted by Gasteiger charge is 2.14. The number of thiazole rings is 1. The SMILES string of the molecule is CCN(C(=O)Cc1ccc(NC(=O)c2cccc(OCc3csc(C)n3)c2)cc1)c1ccccc1. The lowest BCUT2D eigenvalue weighted by atomic mass is 10.1. The maximum atomic E-state index is 12.8. The first-order chi connectivity index (χ1) is 17.0. The quantitative estimate of drug-likeness (QED) is 0.321. The second kappa shape index (κ2) is 11.4. The number of carbonyl (C=O) groups excluding carboxylic acids is 2. The summed E-state index contributed by atoms with van der Waals surface area (Å²) in [6.45, 7) is 4.87. The molecule has 0 saturated carbocycles. The number of nitrogens with one attached hydrogen (secondary N) is 1. The van der Waals surface area contributed by atoms with Gasteiger partial charge in [0.2, 0.25) is 5.91 Å². The number of anilines is 2. The fraction of sp³-hybridized carbons (Fsp3) is 0.179. The third-order valence-corrected chi connectivity index (χ3v) is 6.22. The lowest BCUT2D eigenvalue weighted by Crippen LogP contribution is -2.31. The van der Waals surface area contributed by atoms with Crippen LogP contribution >= 0.6 is 11.3 Å². The molecule has 0 aliphatic carbocycles. The Kier molecular flexibility index (Phi) is 7.90. The number of para-hydroxylation sites is 1. The molecule has 1 heterocycles. The highest BCUT2D eigenvalue weighted by Crippen LogP contribution is 2.19. The van der Waals surface area contributed by atoms with E-state index in [1.807, 2.05) is 79.9 Å². The van der Waals surface area contributed by atoms with E-state index < -0.39 is 0 Å². The molecule has 0 atom stereocenters. The maximum Gasteiger partial charge on any atom is 0.255 e.